The fourth-order valence-corrected chi connectivity index (χ4v) is 1.91. The van der Waals surface area contributed by atoms with E-state index < -0.39 is 11.0 Å². The molecule has 0 saturated heterocycles. The summed E-state index contributed by atoms with van der Waals surface area (Å²) in [6.07, 6.45) is 0. The molecule has 2 amide bonds. The molecule has 0 aliphatic carbocycles. The lowest BCUT2D eigenvalue weighted by Gasteiger charge is -2.09. The van der Waals surface area contributed by atoms with Gasteiger partial charge in [0.25, 0.3) is 5.69 Å². The maximum atomic E-state index is 11.8. The zero-order valence-corrected chi connectivity index (χ0v) is 12.0. The average Bonchev–Trinajstić information content (AvgIpc) is 2.43. The van der Waals surface area contributed by atoms with Crippen molar-refractivity contribution < 1.29 is 9.72 Å². The van der Waals surface area contributed by atoms with Crippen LogP contribution < -0.4 is 10.6 Å². The van der Waals surface area contributed by atoms with Gasteiger partial charge in [0.15, 0.2) is 0 Å². The summed E-state index contributed by atoms with van der Waals surface area (Å²) in [5.41, 5.74) is 0.514. The fraction of sp³-hybridized carbons (Fsp3) is 0. The summed E-state index contributed by atoms with van der Waals surface area (Å²) in [4.78, 5) is 21.9. The lowest BCUT2D eigenvalue weighted by atomic mass is 10.3. The monoisotopic (exact) mass is 325 g/mol. The van der Waals surface area contributed by atoms with Gasteiger partial charge in [0, 0.05) is 22.8 Å². The number of nitrogens with zero attached hydrogens (tertiary/aromatic N) is 1. The number of hydrogen-bond donors (Lipinski definition) is 2. The largest absolute Gasteiger partial charge is 0.323 e. The number of nitro groups is 1. The van der Waals surface area contributed by atoms with Crippen LogP contribution in [0.1, 0.15) is 0 Å². The molecular weight excluding hydrogens is 317 g/mol. The van der Waals surface area contributed by atoms with Crippen molar-refractivity contribution in [3.8, 4) is 0 Å². The van der Waals surface area contributed by atoms with Crippen LogP contribution in [0, 0.1) is 10.1 Å². The smallest absolute Gasteiger partial charge is 0.307 e. The lowest BCUT2D eigenvalue weighted by molar-refractivity contribution is -0.384. The maximum absolute atomic E-state index is 11.8. The Morgan fingerprint density at radius 2 is 1.86 bits per heavy atom. The van der Waals surface area contributed by atoms with Crippen molar-refractivity contribution in [3.05, 3.63) is 62.6 Å². The summed E-state index contributed by atoms with van der Waals surface area (Å²) < 4.78 is 0. The van der Waals surface area contributed by atoms with Crippen LogP contribution in [-0.4, -0.2) is 11.0 Å². The van der Waals surface area contributed by atoms with Crippen LogP contribution in [0.2, 0.25) is 10.0 Å². The van der Waals surface area contributed by atoms with Gasteiger partial charge in [0.1, 0.15) is 0 Å². The van der Waals surface area contributed by atoms with E-state index in [0.717, 1.165) is 0 Å². The van der Waals surface area contributed by atoms with Gasteiger partial charge in [-0.1, -0.05) is 29.3 Å². The second-order valence-electron chi connectivity index (χ2n) is 4.01. The number of nitrogens with one attached hydrogen (secondary N) is 2. The SMILES string of the molecule is O=C(Nc1cccc([N+](=O)[O-])c1)Nc1cc(Cl)ccc1Cl. The van der Waals surface area contributed by atoms with Gasteiger partial charge in [-0.05, 0) is 24.3 Å². The summed E-state index contributed by atoms with van der Waals surface area (Å²) in [7, 11) is 0. The van der Waals surface area contributed by atoms with E-state index in [-0.39, 0.29) is 5.69 Å². The Kier molecular flexibility index (Phi) is 4.62. The number of halogens is 2. The van der Waals surface area contributed by atoms with Crippen LogP contribution >= 0.6 is 23.2 Å². The first-order chi connectivity index (χ1) is 9.95. The Labute approximate surface area is 129 Å². The van der Waals surface area contributed by atoms with E-state index in [4.69, 9.17) is 23.2 Å². The molecule has 2 N–H and O–H groups in total. The predicted octanol–water partition coefficient (Wildman–Crippen LogP) is 4.55. The first kappa shape index (κ1) is 15.1. The summed E-state index contributed by atoms with van der Waals surface area (Å²) in [5.74, 6) is 0. The number of hydrogen-bond acceptors (Lipinski definition) is 3. The minimum Gasteiger partial charge on any atom is -0.307 e. The Bertz CT molecular complexity index is 707. The zero-order valence-electron chi connectivity index (χ0n) is 10.5. The number of non-ortho nitro benzene ring substituents is 1. The summed E-state index contributed by atoms with van der Waals surface area (Å²) in [6.45, 7) is 0. The number of urea groups is 1. The molecule has 0 atom stereocenters. The van der Waals surface area contributed by atoms with Gasteiger partial charge in [-0.3, -0.25) is 10.1 Å². The van der Waals surface area contributed by atoms with Gasteiger partial charge in [0.05, 0.1) is 15.6 Å². The standard InChI is InChI=1S/C13H9Cl2N3O3/c14-8-4-5-11(15)12(6-8)17-13(19)16-9-2-1-3-10(7-9)18(20)21/h1-7H,(H2,16,17,19). The van der Waals surface area contributed by atoms with Gasteiger partial charge in [-0.2, -0.15) is 0 Å². The van der Waals surface area contributed by atoms with Crippen LogP contribution in [0.4, 0.5) is 21.9 Å². The first-order valence-electron chi connectivity index (χ1n) is 5.73. The van der Waals surface area contributed by atoms with E-state index in [1.54, 1.807) is 12.1 Å². The highest BCUT2D eigenvalue weighted by molar-refractivity contribution is 6.35. The minimum atomic E-state index is -0.584. The normalized spacial score (nSPS) is 10.0. The molecule has 2 rings (SSSR count). The Morgan fingerprint density at radius 3 is 2.57 bits per heavy atom. The molecule has 0 spiro atoms. The highest BCUT2D eigenvalue weighted by Crippen LogP contribution is 2.25. The molecule has 0 unspecified atom stereocenters. The molecule has 0 fully saturated rings. The Balaban J connectivity index is 2.10. The van der Waals surface area contributed by atoms with E-state index in [1.807, 2.05) is 0 Å². The third-order valence-corrected chi connectivity index (χ3v) is 3.06. The summed E-state index contributed by atoms with van der Waals surface area (Å²) in [6, 6.07) is 9.64. The summed E-state index contributed by atoms with van der Waals surface area (Å²) in [5, 5.41) is 16.4. The van der Waals surface area contributed by atoms with Gasteiger partial charge in [0.2, 0.25) is 0 Å². The molecule has 0 aromatic heterocycles. The zero-order chi connectivity index (χ0) is 15.4. The number of carbonyl (C=O) groups is 1. The number of amides is 2. The van der Waals surface area contributed by atoms with Crippen LogP contribution in [-0.2, 0) is 0 Å². The topological polar surface area (TPSA) is 84.3 Å². The molecule has 0 aliphatic rings. The number of rotatable bonds is 3. The van der Waals surface area contributed by atoms with Gasteiger partial charge < -0.3 is 10.6 Å². The van der Waals surface area contributed by atoms with E-state index in [1.165, 1.54) is 30.3 Å². The molecule has 2 aromatic rings. The van der Waals surface area contributed by atoms with Gasteiger partial charge >= 0.3 is 6.03 Å². The highest BCUT2D eigenvalue weighted by Gasteiger charge is 2.09. The van der Waals surface area contributed by atoms with Crippen molar-refractivity contribution in [1.82, 2.24) is 0 Å². The minimum absolute atomic E-state index is 0.117. The van der Waals surface area contributed by atoms with Crippen LogP contribution in [0.3, 0.4) is 0 Å². The number of nitro benzene ring substituents is 1. The average molecular weight is 326 g/mol. The molecular formula is C13H9Cl2N3O3. The van der Waals surface area contributed by atoms with Crippen molar-refractivity contribution >= 4 is 46.3 Å². The van der Waals surface area contributed by atoms with Crippen LogP contribution in [0.25, 0.3) is 0 Å². The molecule has 8 heteroatoms. The Morgan fingerprint density at radius 1 is 1.10 bits per heavy atom. The van der Waals surface area contributed by atoms with Crippen LogP contribution in [0.5, 0.6) is 0 Å². The fourth-order valence-electron chi connectivity index (χ4n) is 1.58. The quantitative estimate of drug-likeness (QED) is 0.641. The molecule has 0 aliphatic heterocycles. The number of anilines is 2. The lowest BCUT2D eigenvalue weighted by Crippen LogP contribution is -2.19. The molecule has 108 valence electrons. The third kappa shape index (κ3) is 4.08. The molecule has 0 bridgehead atoms. The van der Waals surface area contributed by atoms with Crippen molar-refractivity contribution in [1.29, 1.82) is 0 Å². The molecule has 6 nitrogen and oxygen atoms in total. The van der Waals surface area contributed by atoms with Crippen molar-refractivity contribution in [2.45, 2.75) is 0 Å². The molecule has 0 radical (unpaired) electrons. The van der Waals surface area contributed by atoms with E-state index >= 15 is 0 Å². The third-order valence-electron chi connectivity index (χ3n) is 2.49. The predicted molar refractivity (Wildman–Crippen MR) is 82.2 cm³/mol. The molecule has 0 heterocycles. The van der Waals surface area contributed by atoms with E-state index in [2.05, 4.69) is 10.6 Å². The van der Waals surface area contributed by atoms with Gasteiger partial charge in [-0.25, -0.2) is 4.79 Å². The molecule has 21 heavy (non-hydrogen) atoms. The molecule has 2 aromatic carbocycles. The van der Waals surface area contributed by atoms with E-state index in [9.17, 15) is 14.9 Å². The van der Waals surface area contributed by atoms with Crippen molar-refractivity contribution in [2.24, 2.45) is 0 Å². The van der Waals surface area contributed by atoms with Crippen LogP contribution in [0.15, 0.2) is 42.5 Å². The summed E-state index contributed by atoms with van der Waals surface area (Å²) >= 11 is 11.7. The highest BCUT2D eigenvalue weighted by atomic mass is 35.5. The Hall–Kier alpha value is -2.31. The number of carbonyl (C=O) groups excluding carboxylic acids is 1. The van der Waals surface area contributed by atoms with Crippen molar-refractivity contribution in [3.63, 3.8) is 0 Å². The van der Waals surface area contributed by atoms with Crippen molar-refractivity contribution in [2.75, 3.05) is 10.6 Å². The maximum Gasteiger partial charge on any atom is 0.323 e. The van der Waals surface area contributed by atoms with Gasteiger partial charge in [-0.15, -0.1) is 0 Å². The second kappa shape index (κ2) is 6.43. The number of benzene rings is 2. The second-order valence-corrected chi connectivity index (χ2v) is 4.85. The molecule has 0 saturated carbocycles. The van der Waals surface area contributed by atoms with E-state index in [0.29, 0.717) is 21.4 Å². The first-order valence-corrected chi connectivity index (χ1v) is 6.49.